The summed E-state index contributed by atoms with van der Waals surface area (Å²) in [7, 11) is 2.18. The first-order valence-electron chi connectivity index (χ1n) is 12.1. The summed E-state index contributed by atoms with van der Waals surface area (Å²) in [6.07, 6.45) is 3.31. The van der Waals surface area contributed by atoms with Crippen LogP contribution in [0.1, 0.15) is 30.9 Å². The highest BCUT2D eigenvalue weighted by atomic mass is 35.5. The van der Waals surface area contributed by atoms with Crippen LogP contribution in [0.15, 0.2) is 54.6 Å². The molecule has 4 rings (SSSR count). The molecule has 1 atom stereocenters. The first-order chi connectivity index (χ1) is 16.5. The number of nitrogens with zero attached hydrogens (tertiary/aromatic N) is 3. The van der Waals surface area contributed by atoms with E-state index in [9.17, 15) is 9.59 Å². The molecule has 0 bridgehead atoms. The SMILES string of the molecule is CN1CCC(N2CCCN(C(=O)[C@H](NC(=O)Nc3ccc(Cl)cc3)c3ccccc3)CC2)CC1. The van der Waals surface area contributed by atoms with Gasteiger partial charge in [0.25, 0.3) is 0 Å². The van der Waals surface area contributed by atoms with Crippen LogP contribution >= 0.6 is 11.6 Å². The van der Waals surface area contributed by atoms with E-state index in [0.717, 1.165) is 38.2 Å². The topological polar surface area (TPSA) is 67.9 Å². The predicted octanol–water partition coefficient (Wildman–Crippen LogP) is 3.83. The van der Waals surface area contributed by atoms with Crippen LogP contribution in [0.3, 0.4) is 0 Å². The Morgan fingerprint density at radius 2 is 1.62 bits per heavy atom. The average molecular weight is 484 g/mol. The molecule has 0 spiro atoms. The van der Waals surface area contributed by atoms with E-state index in [1.165, 1.54) is 12.8 Å². The van der Waals surface area contributed by atoms with Crippen LogP contribution in [0.5, 0.6) is 0 Å². The van der Waals surface area contributed by atoms with Gasteiger partial charge in [-0.1, -0.05) is 41.9 Å². The molecule has 7 nitrogen and oxygen atoms in total. The molecule has 2 aliphatic rings. The van der Waals surface area contributed by atoms with E-state index in [1.807, 2.05) is 35.2 Å². The number of amides is 3. The number of rotatable bonds is 5. The number of likely N-dealkylation sites (tertiary alicyclic amines) is 1. The molecule has 2 aromatic carbocycles. The normalized spacial score (nSPS) is 19.3. The van der Waals surface area contributed by atoms with Crippen LogP contribution in [0.2, 0.25) is 5.02 Å². The van der Waals surface area contributed by atoms with Crippen molar-refractivity contribution in [3.05, 3.63) is 65.2 Å². The fourth-order valence-electron chi connectivity index (χ4n) is 4.83. The van der Waals surface area contributed by atoms with E-state index in [4.69, 9.17) is 11.6 Å². The van der Waals surface area contributed by atoms with Crippen molar-refractivity contribution in [3.8, 4) is 0 Å². The molecular weight excluding hydrogens is 450 g/mol. The van der Waals surface area contributed by atoms with Crippen molar-refractivity contribution in [2.24, 2.45) is 0 Å². The van der Waals surface area contributed by atoms with Gasteiger partial charge >= 0.3 is 6.03 Å². The molecule has 2 aliphatic heterocycles. The second kappa shape index (κ2) is 11.7. The largest absolute Gasteiger partial charge is 0.339 e. The Morgan fingerprint density at radius 3 is 2.32 bits per heavy atom. The van der Waals surface area contributed by atoms with Crippen molar-refractivity contribution in [2.45, 2.75) is 31.3 Å². The molecular formula is C26H34ClN5O2. The molecule has 2 aromatic rings. The minimum atomic E-state index is -0.747. The lowest BCUT2D eigenvalue weighted by atomic mass is 10.0. The summed E-state index contributed by atoms with van der Waals surface area (Å²) in [5, 5.41) is 6.30. The fourth-order valence-corrected chi connectivity index (χ4v) is 4.96. The molecule has 0 unspecified atom stereocenters. The molecule has 2 heterocycles. The fraction of sp³-hybridized carbons (Fsp3) is 0.462. The van der Waals surface area contributed by atoms with Crippen LogP contribution in [0, 0.1) is 0 Å². The smallest absolute Gasteiger partial charge is 0.320 e. The maximum Gasteiger partial charge on any atom is 0.320 e. The molecule has 0 aliphatic carbocycles. The number of urea groups is 1. The molecule has 2 N–H and O–H groups in total. The quantitative estimate of drug-likeness (QED) is 0.678. The maximum absolute atomic E-state index is 13.7. The van der Waals surface area contributed by atoms with Crippen molar-refractivity contribution < 1.29 is 9.59 Å². The summed E-state index contributed by atoms with van der Waals surface area (Å²) < 4.78 is 0. The van der Waals surface area contributed by atoms with E-state index in [1.54, 1.807) is 24.3 Å². The summed E-state index contributed by atoms with van der Waals surface area (Å²) in [6.45, 7) is 5.52. The number of piperidine rings is 1. The van der Waals surface area contributed by atoms with Gasteiger partial charge in [-0.2, -0.15) is 0 Å². The lowest BCUT2D eigenvalue weighted by Gasteiger charge is -2.36. The number of carbonyl (C=O) groups is 2. The molecule has 8 heteroatoms. The van der Waals surface area contributed by atoms with Gasteiger partial charge in [-0.25, -0.2) is 4.79 Å². The Morgan fingerprint density at radius 1 is 0.912 bits per heavy atom. The van der Waals surface area contributed by atoms with Gasteiger partial charge in [-0.05, 0) is 69.2 Å². The third kappa shape index (κ3) is 6.50. The summed E-state index contributed by atoms with van der Waals surface area (Å²) in [5.74, 6) is -0.0670. The number of hydrogen-bond donors (Lipinski definition) is 2. The summed E-state index contributed by atoms with van der Waals surface area (Å²) >= 11 is 5.94. The van der Waals surface area contributed by atoms with Crippen molar-refractivity contribution in [2.75, 3.05) is 51.6 Å². The van der Waals surface area contributed by atoms with Crippen LogP contribution in [-0.4, -0.2) is 79.0 Å². The van der Waals surface area contributed by atoms with E-state index in [2.05, 4.69) is 27.5 Å². The van der Waals surface area contributed by atoms with Crippen molar-refractivity contribution in [1.29, 1.82) is 0 Å². The second-order valence-corrected chi connectivity index (χ2v) is 9.63. The standard InChI is InChI=1S/C26H34ClN5O2/c1-30-16-12-23(13-17-30)31-14-5-15-32(19-18-31)25(33)24(20-6-3-2-4-7-20)29-26(34)28-22-10-8-21(27)9-11-22/h2-4,6-11,23-24H,5,12-19H2,1H3,(H2,28,29,34)/t24-/m1/s1. The lowest BCUT2D eigenvalue weighted by Crippen LogP contribution is -2.47. The number of anilines is 1. The molecule has 34 heavy (non-hydrogen) atoms. The second-order valence-electron chi connectivity index (χ2n) is 9.20. The van der Waals surface area contributed by atoms with Gasteiger partial charge in [0.1, 0.15) is 6.04 Å². The minimum absolute atomic E-state index is 0.0670. The molecule has 0 radical (unpaired) electrons. The van der Waals surface area contributed by atoms with E-state index >= 15 is 0 Å². The van der Waals surface area contributed by atoms with Crippen molar-refractivity contribution >= 4 is 29.2 Å². The third-order valence-corrected chi connectivity index (χ3v) is 7.06. The molecule has 2 saturated heterocycles. The molecule has 182 valence electrons. The van der Waals surface area contributed by atoms with Crippen molar-refractivity contribution in [1.82, 2.24) is 20.0 Å². The monoisotopic (exact) mass is 483 g/mol. The predicted molar refractivity (Wildman–Crippen MR) is 136 cm³/mol. The van der Waals surface area contributed by atoms with Crippen LogP contribution < -0.4 is 10.6 Å². The van der Waals surface area contributed by atoms with Gasteiger partial charge in [0.15, 0.2) is 0 Å². The average Bonchev–Trinajstić information content (AvgIpc) is 3.11. The molecule has 2 fully saturated rings. The van der Waals surface area contributed by atoms with Gasteiger partial charge in [-0.3, -0.25) is 9.69 Å². The third-order valence-electron chi connectivity index (χ3n) is 6.80. The Kier molecular flexibility index (Phi) is 8.43. The van der Waals surface area contributed by atoms with Crippen molar-refractivity contribution in [3.63, 3.8) is 0 Å². The number of hydrogen-bond acceptors (Lipinski definition) is 4. The lowest BCUT2D eigenvalue weighted by molar-refractivity contribution is -0.133. The number of halogens is 1. The summed E-state index contributed by atoms with van der Waals surface area (Å²) in [6, 6.07) is 15.8. The van der Waals surface area contributed by atoms with Crippen LogP contribution in [0.25, 0.3) is 0 Å². The van der Waals surface area contributed by atoms with Gasteiger partial charge < -0.3 is 20.4 Å². The molecule has 3 amide bonds. The molecule has 0 saturated carbocycles. The highest BCUT2D eigenvalue weighted by molar-refractivity contribution is 6.30. The van der Waals surface area contributed by atoms with Gasteiger partial charge in [0.2, 0.25) is 5.91 Å². The van der Waals surface area contributed by atoms with Gasteiger partial charge in [0, 0.05) is 42.9 Å². The Labute approximate surface area is 207 Å². The number of carbonyl (C=O) groups excluding carboxylic acids is 2. The zero-order chi connectivity index (χ0) is 23.9. The summed E-state index contributed by atoms with van der Waals surface area (Å²) in [5.41, 5.74) is 1.39. The Balaban J connectivity index is 1.42. The summed E-state index contributed by atoms with van der Waals surface area (Å²) in [4.78, 5) is 33.3. The number of nitrogens with one attached hydrogen (secondary N) is 2. The van der Waals surface area contributed by atoms with E-state index in [0.29, 0.717) is 29.8 Å². The highest BCUT2D eigenvalue weighted by Crippen LogP contribution is 2.21. The zero-order valence-electron chi connectivity index (χ0n) is 19.8. The van der Waals surface area contributed by atoms with Gasteiger partial charge in [0.05, 0.1) is 0 Å². The Bertz CT molecular complexity index is 947. The van der Waals surface area contributed by atoms with Crippen LogP contribution in [-0.2, 0) is 4.79 Å². The van der Waals surface area contributed by atoms with Crippen LogP contribution in [0.4, 0.5) is 10.5 Å². The van der Waals surface area contributed by atoms with Gasteiger partial charge in [-0.15, -0.1) is 0 Å². The zero-order valence-corrected chi connectivity index (χ0v) is 20.5. The highest BCUT2D eigenvalue weighted by Gasteiger charge is 2.31. The minimum Gasteiger partial charge on any atom is -0.339 e. The van der Waals surface area contributed by atoms with E-state index in [-0.39, 0.29) is 5.91 Å². The Hall–Kier alpha value is -2.61. The first kappa shape index (κ1) is 24.5. The van der Waals surface area contributed by atoms with E-state index < -0.39 is 12.1 Å². The maximum atomic E-state index is 13.7. The number of benzene rings is 2. The first-order valence-corrected chi connectivity index (χ1v) is 12.5. The molecule has 0 aromatic heterocycles.